The number of rotatable bonds is 4. The molecule has 0 spiro atoms. The smallest absolute Gasteiger partial charge is 0.330 e. The van der Waals surface area contributed by atoms with Gasteiger partial charge in [0.1, 0.15) is 0 Å². The van der Waals surface area contributed by atoms with Gasteiger partial charge in [0.05, 0.1) is 5.56 Å². The van der Waals surface area contributed by atoms with Gasteiger partial charge in [0.15, 0.2) is 0 Å². The van der Waals surface area contributed by atoms with Crippen LogP contribution in [0.1, 0.15) is 36.8 Å². The van der Waals surface area contributed by atoms with E-state index in [9.17, 15) is 13.2 Å². The molecule has 1 aromatic rings. The van der Waals surface area contributed by atoms with Crippen LogP contribution in [0.5, 0.6) is 0 Å². The first-order chi connectivity index (χ1) is 9.52. The second-order valence-corrected chi connectivity index (χ2v) is 5.35. The maximum atomic E-state index is 13.0. The predicted octanol–water partition coefficient (Wildman–Crippen LogP) is 3.41. The van der Waals surface area contributed by atoms with Crippen molar-refractivity contribution in [2.45, 2.75) is 44.4 Å². The quantitative estimate of drug-likeness (QED) is 0.919. The van der Waals surface area contributed by atoms with Gasteiger partial charge in [-0.05, 0) is 44.0 Å². The summed E-state index contributed by atoms with van der Waals surface area (Å²) in [6, 6.07) is 6.18. The Morgan fingerprint density at radius 3 is 2.65 bits per heavy atom. The maximum absolute atomic E-state index is 13.0. The molecule has 112 valence electrons. The monoisotopic (exact) mass is 286 g/mol. The molecule has 1 aliphatic heterocycles. The van der Waals surface area contributed by atoms with Crippen molar-refractivity contribution in [2.24, 2.45) is 5.73 Å². The lowest BCUT2D eigenvalue weighted by molar-refractivity contribution is -0.138. The van der Waals surface area contributed by atoms with E-state index >= 15 is 0 Å². The van der Waals surface area contributed by atoms with E-state index in [1.807, 2.05) is 0 Å². The molecule has 0 amide bonds. The van der Waals surface area contributed by atoms with E-state index < -0.39 is 11.7 Å². The molecule has 2 rings (SSSR count). The summed E-state index contributed by atoms with van der Waals surface area (Å²) in [7, 11) is 0. The number of nitrogens with zero attached hydrogens (tertiary/aromatic N) is 1. The third-order valence-electron chi connectivity index (χ3n) is 3.95. The molecule has 0 bridgehead atoms. The SMILES string of the molecule is NCCC1CCCCN1Cc1ccccc1C(F)(F)F. The van der Waals surface area contributed by atoms with E-state index in [2.05, 4.69) is 4.90 Å². The van der Waals surface area contributed by atoms with E-state index in [1.54, 1.807) is 12.1 Å². The highest BCUT2D eigenvalue weighted by Crippen LogP contribution is 2.33. The fourth-order valence-corrected chi connectivity index (χ4v) is 2.94. The van der Waals surface area contributed by atoms with Gasteiger partial charge in [0.25, 0.3) is 0 Å². The average molecular weight is 286 g/mol. The van der Waals surface area contributed by atoms with Crippen LogP contribution in [0, 0.1) is 0 Å². The summed E-state index contributed by atoms with van der Waals surface area (Å²) >= 11 is 0. The van der Waals surface area contributed by atoms with Crippen molar-refractivity contribution >= 4 is 0 Å². The number of nitrogens with two attached hydrogens (primary N) is 1. The number of benzene rings is 1. The van der Waals surface area contributed by atoms with Crippen molar-refractivity contribution < 1.29 is 13.2 Å². The van der Waals surface area contributed by atoms with Gasteiger partial charge in [-0.25, -0.2) is 0 Å². The molecule has 1 unspecified atom stereocenters. The van der Waals surface area contributed by atoms with E-state index in [0.717, 1.165) is 38.3 Å². The van der Waals surface area contributed by atoms with Crippen molar-refractivity contribution in [1.29, 1.82) is 0 Å². The van der Waals surface area contributed by atoms with Gasteiger partial charge in [-0.3, -0.25) is 4.90 Å². The van der Waals surface area contributed by atoms with E-state index in [4.69, 9.17) is 5.73 Å². The standard InChI is InChI=1S/C15H21F3N2/c16-15(17,18)14-7-2-1-5-12(14)11-20-10-4-3-6-13(20)8-9-19/h1-2,5,7,13H,3-4,6,8-11,19H2. The first-order valence-corrected chi connectivity index (χ1v) is 7.11. The van der Waals surface area contributed by atoms with Crippen molar-refractivity contribution in [1.82, 2.24) is 4.90 Å². The van der Waals surface area contributed by atoms with Crippen LogP contribution in [-0.2, 0) is 12.7 Å². The number of alkyl halides is 3. The highest BCUT2D eigenvalue weighted by Gasteiger charge is 2.34. The Morgan fingerprint density at radius 1 is 1.20 bits per heavy atom. The highest BCUT2D eigenvalue weighted by molar-refractivity contribution is 5.29. The number of halogens is 3. The van der Waals surface area contributed by atoms with Gasteiger partial charge in [-0.1, -0.05) is 24.6 Å². The molecule has 1 aliphatic rings. The molecule has 1 aromatic carbocycles. The Labute approximate surface area is 117 Å². The average Bonchev–Trinajstić information content (AvgIpc) is 2.41. The maximum Gasteiger partial charge on any atom is 0.416 e. The van der Waals surface area contributed by atoms with Crippen molar-refractivity contribution in [3.63, 3.8) is 0 Å². The van der Waals surface area contributed by atoms with Gasteiger partial charge in [0.2, 0.25) is 0 Å². The van der Waals surface area contributed by atoms with Gasteiger partial charge < -0.3 is 5.73 Å². The zero-order chi connectivity index (χ0) is 14.6. The zero-order valence-corrected chi connectivity index (χ0v) is 11.5. The van der Waals surface area contributed by atoms with Gasteiger partial charge in [-0.2, -0.15) is 13.2 Å². The minimum absolute atomic E-state index is 0.315. The molecule has 1 fully saturated rings. The molecule has 0 aliphatic carbocycles. The van der Waals surface area contributed by atoms with Gasteiger partial charge >= 0.3 is 6.18 Å². The van der Waals surface area contributed by atoms with Crippen LogP contribution in [0.15, 0.2) is 24.3 Å². The molecule has 20 heavy (non-hydrogen) atoms. The second-order valence-electron chi connectivity index (χ2n) is 5.35. The van der Waals surface area contributed by atoms with Crippen LogP contribution in [0.3, 0.4) is 0 Å². The second kappa shape index (κ2) is 6.59. The number of hydrogen-bond acceptors (Lipinski definition) is 2. The van der Waals surface area contributed by atoms with Crippen LogP contribution in [0.4, 0.5) is 13.2 Å². The molecule has 2 N–H and O–H groups in total. The lowest BCUT2D eigenvalue weighted by atomic mass is 9.97. The van der Waals surface area contributed by atoms with Crippen LogP contribution in [0.2, 0.25) is 0 Å². The molecule has 5 heteroatoms. The lowest BCUT2D eigenvalue weighted by Gasteiger charge is -2.36. The summed E-state index contributed by atoms with van der Waals surface area (Å²) in [5.74, 6) is 0. The van der Waals surface area contributed by atoms with Gasteiger partial charge in [0, 0.05) is 12.6 Å². The Hall–Kier alpha value is -1.07. The van der Waals surface area contributed by atoms with Crippen molar-refractivity contribution in [3.05, 3.63) is 35.4 Å². The minimum Gasteiger partial charge on any atom is -0.330 e. The fourth-order valence-electron chi connectivity index (χ4n) is 2.94. The predicted molar refractivity (Wildman–Crippen MR) is 73.2 cm³/mol. The minimum atomic E-state index is -4.28. The Balaban J connectivity index is 2.16. The summed E-state index contributed by atoms with van der Waals surface area (Å²) in [4.78, 5) is 2.15. The first kappa shape index (κ1) is 15.3. The van der Waals surface area contributed by atoms with E-state index in [-0.39, 0.29) is 0 Å². The van der Waals surface area contributed by atoms with Crippen LogP contribution in [0.25, 0.3) is 0 Å². The van der Waals surface area contributed by atoms with Crippen molar-refractivity contribution in [2.75, 3.05) is 13.1 Å². The Bertz CT molecular complexity index is 429. The summed E-state index contributed by atoms with van der Waals surface area (Å²) < 4.78 is 39.0. The number of likely N-dealkylation sites (tertiary alicyclic amines) is 1. The Kier molecular flexibility index (Phi) is 5.05. The zero-order valence-electron chi connectivity index (χ0n) is 11.5. The first-order valence-electron chi connectivity index (χ1n) is 7.11. The molecule has 0 radical (unpaired) electrons. The number of piperidine rings is 1. The molecular weight excluding hydrogens is 265 g/mol. The van der Waals surface area contributed by atoms with Crippen LogP contribution < -0.4 is 5.73 Å². The highest BCUT2D eigenvalue weighted by atomic mass is 19.4. The summed E-state index contributed by atoms with van der Waals surface area (Å²) in [6.07, 6.45) is -0.202. The van der Waals surface area contributed by atoms with Crippen molar-refractivity contribution in [3.8, 4) is 0 Å². The molecule has 2 nitrogen and oxygen atoms in total. The lowest BCUT2D eigenvalue weighted by Crippen LogP contribution is -2.40. The molecule has 1 saturated heterocycles. The largest absolute Gasteiger partial charge is 0.416 e. The molecule has 0 aromatic heterocycles. The third kappa shape index (κ3) is 3.73. The summed E-state index contributed by atoms with van der Waals surface area (Å²) in [5, 5.41) is 0. The molecular formula is C15H21F3N2. The summed E-state index contributed by atoms with van der Waals surface area (Å²) in [6.45, 7) is 1.80. The fraction of sp³-hybridized carbons (Fsp3) is 0.600. The van der Waals surface area contributed by atoms with Crippen LogP contribution >= 0.6 is 0 Å². The van der Waals surface area contributed by atoms with E-state index in [1.165, 1.54) is 6.07 Å². The number of hydrogen-bond donors (Lipinski definition) is 1. The molecule has 1 atom stereocenters. The molecule has 0 saturated carbocycles. The summed E-state index contributed by atoms with van der Waals surface area (Å²) in [5.41, 5.74) is 5.46. The Morgan fingerprint density at radius 2 is 1.95 bits per heavy atom. The third-order valence-corrected chi connectivity index (χ3v) is 3.95. The van der Waals surface area contributed by atoms with Gasteiger partial charge in [-0.15, -0.1) is 0 Å². The van der Waals surface area contributed by atoms with E-state index in [0.29, 0.717) is 24.7 Å². The van der Waals surface area contributed by atoms with Crippen LogP contribution in [-0.4, -0.2) is 24.0 Å². The normalized spacial score (nSPS) is 21.1. The topological polar surface area (TPSA) is 29.3 Å². The molecule has 1 heterocycles.